The van der Waals surface area contributed by atoms with Crippen LogP contribution in [0.15, 0.2) is 0 Å². The summed E-state index contributed by atoms with van der Waals surface area (Å²) in [6, 6.07) is 0.290. The second-order valence-electron chi connectivity index (χ2n) is 5.27. The van der Waals surface area contributed by atoms with E-state index in [2.05, 4.69) is 27.2 Å². The van der Waals surface area contributed by atoms with Crippen molar-refractivity contribution in [3.8, 4) is 6.01 Å². The van der Waals surface area contributed by atoms with Crippen molar-refractivity contribution in [2.45, 2.75) is 39.7 Å². The molecule has 2 N–H and O–H groups in total. The van der Waals surface area contributed by atoms with Gasteiger partial charge in [0.1, 0.15) is 0 Å². The van der Waals surface area contributed by atoms with E-state index in [0.29, 0.717) is 31.1 Å². The first-order valence-corrected chi connectivity index (χ1v) is 6.92. The molecule has 0 aliphatic heterocycles. The van der Waals surface area contributed by atoms with Crippen LogP contribution < -0.4 is 15.0 Å². The van der Waals surface area contributed by atoms with Gasteiger partial charge in [-0.15, -0.1) is 0 Å². The van der Waals surface area contributed by atoms with E-state index in [-0.39, 0.29) is 0 Å². The van der Waals surface area contributed by atoms with Crippen LogP contribution in [0.3, 0.4) is 0 Å². The Morgan fingerprint density at radius 1 is 1.25 bits per heavy atom. The molecule has 0 atom stereocenters. The van der Waals surface area contributed by atoms with Gasteiger partial charge in [0.25, 0.3) is 0 Å². The standard InChI is InChI=1S/C13H25N5O2/c1-6-8-14-10-15-11(17-12(16-10)20-7-2)18(5)9-13(3,4)19/h19H,6-9H2,1-5H3,(H,14,15,16,17). The highest BCUT2D eigenvalue weighted by atomic mass is 16.5. The van der Waals surface area contributed by atoms with Crippen molar-refractivity contribution in [1.29, 1.82) is 0 Å². The van der Waals surface area contributed by atoms with Crippen molar-refractivity contribution < 1.29 is 9.84 Å². The predicted molar refractivity (Wildman–Crippen MR) is 79.3 cm³/mol. The molecule has 1 aromatic heterocycles. The molecule has 0 aliphatic rings. The first-order chi connectivity index (χ1) is 9.35. The molecule has 1 aromatic rings. The maximum Gasteiger partial charge on any atom is 0.323 e. The lowest BCUT2D eigenvalue weighted by Crippen LogP contribution is -2.37. The molecule has 0 saturated heterocycles. The van der Waals surface area contributed by atoms with Crippen molar-refractivity contribution in [3.05, 3.63) is 0 Å². The summed E-state index contributed by atoms with van der Waals surface area (Å²) in [7, 11) is 1.83. The zero-order valence-electron chi connectivity index (χ0n) is 13.0. The zero-order valence-corrected chi connectivity index (χ0v) is 13.0. The predicted octanol–water partition coefficient (Wildman–Crippen LogP) is 1.30. The first-order valence-electron chi connectivity index (χ1n) is 6.92. The topological polar surface area (TPSA) is 83.4 Å². The van der Waals surface area contributed by atoms with Crippen molar-refractivity contribution in [2.24, 2.45) is 0 Å². The van der Waals surface area contributed by atoms with Crippen molar-refractivity contribution in [3.63, 3.8) is 0 Å². The summed E-state index contributed by atoms with van der Waals surface area (Å²) in [6.07, 6.45) is 0.977. The van der Waals surface area contributed by atoms with Crippen LogP contribution in [0.25, 0.3) is 0 Å². The van der Waals surface area contributed by atoms with Crippen LogP contribution in [0.2, 0.25) is 0 Å². The third-order valence-electron chi connectivity index (χ3n) is 2.38. The summed E-state index contributed by atoms with van der Waals surface area (Å²) >= 11 is 0. The van der Waals surface area contributed by atoms with E-state index < -0.39 is 5.60 Å². The Hall–Kier alpha value is -1.63. The molecule has 114 valence electrons. The Balaban J connectivity index is 2.95. The summed E-state index contributed by atoms with van der Waals surface area (Å²) in [4.78, 5) is 14.6. The highest BCUT2D eigenvalue weighted by Crippen LogP contribution is 2.16. The number of nitrogens with one attached hydrogen (secondary N) is 1. The molecule has 0 amide bonds. The van der Waals surface area contributed by atoms with Crippen molar-refractivity contribution in [2.75, 3.05) is 37.0 Å². The zero-order chi connectivity index (χ0) is 15.2. The smallest absolute Gasteiger partial charge is 0.323 e. The number of hydrogen-bond acceptors (Lipinski definition) is 7. The van der Waals surface area contributed by atoms with Crippen LogP contribution in [0.5, 0.6) is 6.01 Å². The van der Waals surface area contributed by atoms with Crippen LogP contribution in [-0.2, 0) is 0 Å². The lowest BCUT2D eigenvalue weighted by atomic mass is 10.1. The van der Waals surface area contributed by atoms with E-state index in [9.17, 15) is 5.11 Å². The third kappa shape index (κ3) is 5.56. The monoisotopic (exact) mass is 283 g/mol. The molecule has 0 spiro atoms. The highest BCUT2D eigenvalue weighted by Gasteiger charge is 2.19. The second-order valence-corrected chi connectivity index (χ2v) is 5.27. The number of nitrogens with zero attached hydrogens (tertiary/aromatic N) is 4. The largest absolute Gasteiger partial charge is 0.464 e. The molecule has 0 bridgehead atoms. The SMILES string of the molecule is CCCNc1nc(OCC)nc(N(C)CC(C)(C)O)n1. The van der Waals surface area contributed by atoms with E-state index in [1.165, 1.54) is 0 Å². The van der Waals surface area contributed by atoms with Gasteiger partial charge in [-0.1, -0.05) is 6.92 Å². The molecule has 0 aromatic carbocycles. The maximum absolute atomic E-state index is 9.87. The van der Waals surface area contributed by atoms with E-state index in [1.54, 1.807) is 18.7 Å². The lowest BCUT2D eigenvalue weighted by Gasteiger charge is -2.25. The molecule has 0 aliphatic carbocycles. The van der Waals surface area contributed by atoms with Gasteiger partial charge in [0.05, 0.1) is 12.2 Å². The van der Waals surface area contributed by atoms with Gasteiger partial charge < -0.3 is 20.1 Å². The van der Waals surface area contributed by atoms with Crippen LogP contribution in [0.4, 0.5) is 11.9 Å². The Labute approximate surface area is 120 Å². The number of aliphatic hydroxyl groups is 1. The van der Waals surface area contributed by atoms with Crippen molar-refractivity contribution >= 4 is 11.9 Å². The Morgan fingerprint density at radius 2 is 1.95 bits per heavy atom. The fraction of sp³-hybridized carbons (Fsp3) is 0.769. The Bertz CT molecular complexity index is 420. The van der Waals surface area contributed by atoms with Gasteiger partial charge in [-0.2, -0.15) is 15.0 Å². The minimum absolute atomic E-state index is 0.290. The van der Waals surface area contributed by atoms with Gasteiger partial charge >= 0.3 is 6.01 Å². The minimum atomic E-state index is -0.829. The lowest BCUT2D eigenvalue weighted by molar-refractivity contribution is 0.0882. The molecule has 0 fully saturated rings. The fourth-order valence-electron chi connectivity index (χ4n) is 1.68. The van der Waals surface area contributed by atoms with E-state index in [0.717, 1.165) is 13.0 Å². The van der Waals surface area contributed by atoms with Crippen LogP contribution >= 0.6 is 0 Å². The highest BCUT2D eigenvalue weighted by molar-refractivity contribution is 5.38. The molecule has 1 rings (SSSR count). The average molecular weight is 283 g/mol. The average Bonchev–Trinajstić information content (AvgIpc) is 2.34. The quantitative estimate of drug-likeness (QED) is 0.744. The molecule has 20 heavy (non-hydrogen) atoms. The number of anilines is 2. The van der Waals surface area contributed by atoms with Gasteiger partial charge in [0.2, 0.25) is 11.9 Å². The van der Waals surface area contributed by atoms with Gasteiger partial charge in [-0.05, 0) is 27.2 Å². The summed E-state index contributed by atoms with van der Waals surface area (Å²) in [6.45, 7) is 9.11. The Morgan fingerprint density at radius 3 is 2.50 bits per heavy atom. The number of likely N-dealkylation sites (N-methyl/N-ethyl adjacent to an activating group) is 1. The summed E-state index contributed by atoms with van der Waals surface area (Å²) in [5, 5.41) is 13.0. The maximum atomic E-state index is 9.87. The second kappa shape index (κ2) is 7.23. The molecule has 7 nitrogen and oxygen atoms in total. The number of rotatable bonds is 8. The Kier molecular flexibility index (Phi) is 5.94. The summed E-state index contributed by atoms with van der Waals surface area (Å²) < 4.78 is 5.36. The number of aromatic nitrogens is 3. The van der Waals surface area contributed by atoms with Crippen molar-refractivity contribution in [1.82, 2.24) is 15.0 Å². The molecular weight excluding hydrogens is 258 g/mol. The van der Waals surface area contributed by atoms with Gasteiger partial charge in [0, 0.05) is 20.1 Å². The van der Waals surface area contributed by atoms with Crippen LogP contribution in [-0.4, -0.2) is 52.4 Å². The molecule has 1 heterocycles. The van der Waals surface area contributed by atoms with E-state index in [1.807, 2.05) is 14.0 Å². The molecule has 0 unspecified atom stereocenters. The summed E-state index contributed by atoms with van der Waals surface area (Å²) in [5.41, 5.74) is -0.829. The third-order valence-corrected chi connectivity index (χ3v) is 2.38. The van der Waals surface area contributed by atoms with Gasteiger partial charge in [-0.25, -0.2) is 0 Å². The van der Waals surface area contributed by atoms with Crippen LogP contribution in [0, 0.1) is 0 Å². The minimum Gasteiger partial charge on any atom is -0.464 e. The molecule has 0 radical (unpaired) electrons. The van der Waals surface area contributed by atoms with E-state index in [4.69, 9.17) is 4.74 Å². The van der Waals surface area contributed by atoms with E-state index >= 15 is 0 Å². The normalized spacial score (nSPS) is 11.3. The number of ether oxygens (including phenoxy) is 1. The fourth-order valence-corrected chi connectivity index (χ4v) is 1.68. The number of hydrogen-bond donors (Lipinski definition) is 2. The molecule has 7 heteroatoms. The molecular formula is C13H25N5O2. The van der Waals surface area contributed by atoms with Gasteiger partial charge in [0.15, 0.2) is 0 Å². The first kappa shape index (κ1) is 16.4. The molecule has 0 saturated carbocycles. The van der Waals surface area contributed by atoms with Gasteiger partial charge in [-0.3, -0.25) is 0 Å². The van der Waals surface area contributed by atoms with Crippen LogP contribution in [0.1, 0.15) is 34.1 Å². The summed E-state index contributed by atoms with van der Waals surface area (Å²) in [5.74, 6) is 0.965.